The van der Waals surface area contributed by atoms with Crippen LogP contribution in [-0.2, 0) is 15.1 Å². The number of aryl methyl sites for hydroxylation is 2. The Balaban J connectivity index is 1.81. The molecule has 166 valence electrons. The molecule has 2 amide bonds. The number of rotatable bonds is 5. The topological polar surface area (TPSA) is 136 Å². The maximum Gasteiger partial charge on any atom is 0.247 e. The zero-order valence-electron chi connectivity index (χ0n) is 18.2. The summed E-state index contributed by atoms with van der Waals surface area (Å²) in [6.45, 7) is 3.74. The fourth-order valence-corrected chi connectivity index (χ4v) is 4.95. The van der Waals surface area contributed by atoms with Gasteiger partial charge < -0.3 is 26.6 Å². The van der Waals surface area contributed by atoms with Gasteiger partial charge in [0, 0.05) is 35.3 Å². The lowest BCUT2D eigenvalue weighted by Gasteiger charge is -2.38. The normalized spacial score (nSPS) is 26.4. The summed E-state index contributed by atoms with van der Waals surface area (Å²) < 4.78 is 5.35. The van der Waals surface area contributed by atoms with Crippen LogP contribution in [0.5, 0.6) is 0 Å². The maximum atomic E-state index is 12.8. The largest absolute Gasteiger partial charge is 0.382 e. The number of primary amides is 1. The maximum absolute atomic E-state index is 12.8. The third-order valence-corrected chi connectivity index (χ3v) is 6.66. The number of piperidine rings is 1. The molecule has 0 spiro atoms. The van der Waals surface area contributed by atoms with E-state index < -0.39 is 11.4 Å². The molecule has 2 heterocycles. The van der Waals surface area contributed by atoms with Crippen molar-refractivity contribution >= 4 is 17.5 Å². The molecule has 8 heteroatoms. The summed E-state index contributed by atoms with van der Waals surface area (Å²) in [7, 11) is 0. The smallest absolute Gasteiger partial charge is 0.247 e. The molecule has 1 aromatic carbocycles. The molecule has 2 aromatic rings. The third kappa shape index (κ3) is 4.04. The van der Waals surface area contributed by atoms with E-state index >= 15 is 0 Å². The van der Waals surface area contributed by atoms with Crippen LogP contribution >= 0.6 is 0 Å². The Hall–Kier alpha value is -2.87. The first-order chi connectivity index (χ1) is 14.8. The highest BCUT2D eigenvalue weighted by Gasteiger charge is 2.44. The van der Waals surface area contributed by atoms with Crippen molar-refractivity contribution < 1.29 is 14.1 Å². The monoisotopic (exact) mass is 425 g/mol. The van der Waals surface area contributed by atoms with E-state index in [0.717, 1.165) is 48.2 Å². The highest BCUT2D eigenvalue weighted by atomic mass is 16.5. The average Bonchev–Trinajstić information content (AvgIpc) is 3.08. The number of benzene rings is 1. The van der Waals surface area contributed by atoms with Crippen molar-refractivity contribution in [1.82, 2.24) is 10.5 Å². The molecule has 4 rings (SSSR count). The first-order valence-corrected chi connectivity index (χ1v) is 11.0. The minimum Gasteiger partial charge on any atom is -0.382 e. The average molecular weight is 426 g/mol. The highest BCUT2D eigenvalue weighted by molar-refractivity contribution is 5.94. The van der Waals surface area contributed by atoms with Crippen molar-refractivity contribution in [3.05, 3.63) is 35.2 Å². The molecule has 8 nitrogen and oxygen atoms in total. The van der Waals surface area contributed by atoms with Crippen molar-refractivity contribution in [2.75, 3.05) is 5.32 Å². The van der Waals surface area contributed by atoms with E-state index in [-0.39, 0.29) is 18.0 Å². The molecule has 1 aromatic heterocycles. The minimum atomic E-state index is -1.25. The summed E-state index contributed by atoms with van der Waals surface area (Å²) in [5, 5.41) is 10.6. The van der Waals surface area contributed by atoms with Crippen LogP contribution in [0.15, 0.2) is 22.7 Å². The van der Waals surface area contributed by atoms with Gasteiger partial charge in [-0.25, -0.2) is 0 Å². The number of carbonyl (C=O) groups excluding carboxylic acids is 2. The Morgan fingerprint density at radius 1 is 1.26 bits per heavy atom. The molecule has 1 unspecified atom stereocenters. The lowest BCUT2D eigenvalue weighted by atomic mass is 9.79. The molecule has 6 N–H and O–H groups in total. The van der Waals surface area contributed by atoms with E-state index in [2.05, 4.69) is 15.8 Å². The molecule has 0 bridgehead atoms. The minimum absolute atomic E-state index is 0.164. The molecule has 1 saturated carbocycles. The van der Waals surface area contributed by atoms with Crippen LogP contribution in [-0.4, -0.2) is 29.1 Å². The SMILES string of the molecule is Cc1noc(C)c1-c1ccc(NC2CCC(N)CC2)c(C2(C(N)=O)CCCC(=O)N2)c1. The number of nitrogens with two attached hydrogens (primary N) is 2. The highest BCUT2D eigenvalue weighted by Crippen LogP contribution is 2.40. The van der Waals surface area contributed by atoms with Crippen molar-refractivity contribution in [1.29, 1.82) is 0 Å². The van der Waals surface area contributed by atoms with Gasteiger partial charge in [-0.05, 0) is 70.1 Å². The summed E-state index contributed by atoms with van der Waals surface area (Å²) >= 11 is 0. The number of hydrogen-bond acceptors (Lipinski definition) is 6. The van der Waals surface area contributed by atoms with Crippen molar-refractivity contribution in [2.45, 2.75) is 76.4 Å². The van der Waals surface area contributed by atoms with Crippen molar-refractivity contribution in [2.24, 2.45) is 11.5 Å². The Kier molecular flexibility index (Phi) is 5.75. The summed E-state index contributed by atoms with van der Waals surface area (Å²) in [6.07, 6.45) is 5.29. The van der Waals surface area contributed by atoms with E-state index in [1.54, 1.807) is 0 Å². The van der Waals surface area contributed by atoms with Gasteiger partial charge >= 0.3 is 0 Å². The fourth-order valence-electron chi connectivity index (χ4n) is 4.95. The predicted octanol–water partition coefficient (Wildman–Crippen LogP) is 2.62. The standard InChI is InChI=1S/C23H31N5O3/c1-13-21(14(2)31-28-13)15-5-10-19(26-17-8-6-16(24)7-9-17)18(12-15)23(22(25)30)11-3-4-20(29)27-23/h5,10,12,16-17,26H,3-4,6-9,11,24H2,1-2H3,(H2,25,30)(H,27,29). The van der Waals surface area contributed by atoms with Crippen LogP contribution in [0.1, 0.15) is 62.0 Å². The predicted molar refractivity (Wildman–Crippen MR) is 118 cm³/mol. The Morgan fingerprint density at radius 2 is 2.00 bits per heavy atom. The number of nitrogens with zero attached hydrogens (tertiary/aromatic N) is 1. The quantitative estimate of drug-likeness (QED) is 0.581. The molecular weight excluding hydrogens is 394 g/mol. The van der Waals surface area contributed by atoms with Crippen LogP contribution in [0.25, 0.3) is 11.1 Å². The number of amides is 2. The second kappa shape index (κ2) is 8.34. The van der Waals surface area contributed by atoms with Gasteiger partial charge in [0.1, 0.15) is 11.3 Å². The van der Waals surface area contributed by atoms with Gasteiger partial charge in [-0.15, -0.1) is 0 Å². The molecular formula is C23H31N5O3. The fraction of sp³-hybridized carbons (Fsp3) is 0.522. The number of aromatic nitrogens is 1. The number of nitrogens with one attached hydrogen (secondary N) is 2. The number of hydrogen-bond donors (Lipinski definition) is 4. The molecule has 1 saturated heterocycles. The van der Waals surface area contributed by atoms with Gasteiger partial charge in [-0.3, -0.25) is 9.59 Å². The Labute approximate surface area is 182 Å². The van der Waals surface area contributed by atoms with Gasteiger partial charge in [0.25, 0.3) is 0 Å². The van der Waals surface area contributed by atoms with E-state index in [1.807, 2.05) is 32.0 Å². The van der Waals surface area contributed by atoms with Crippen LogP contribution in [0.3, 0.4) is 0 Å². The van der Waals surface area contributed by atoms with Gasteiger partial charge in [0.15, 0.2) is 0 Å². The molecule has 1 aliphatic carbocycles. The van der Waals surface area contributed by atoms with Gasteiger partial charge in [-0.1, -0.05) is 11.2 Å². The van der Waals surface area contributed by atoms with Crippen LogP contribution in [0.4, 0.5) is 5.69 Å². The summed E-state index contributed by atoms with van der Waals surface area (Å²) in [4.78, 5) is 25.1. The number of anilines is 1. The van der Waals surface area contributed by atoms with Gasteiger partial charge in [0.2, 0.25) is 11.8 Å². The first kappa shape index (κ1) is 21.4. The number of carbonyl (C=O) groups is 2. The van der Waals surface area contributed by atoms with Crippen LogP contribution in [0.2, 0.25) is 0 Å². The zero-order chi connectivity index (χ0) is 22.2. The van der Waals surface area contributed by atoms with Gasteiger partial charge in [0.05, 0.1) is 5.69 Å². The van der Waals surface area contributed by atoms with E-state index in [0.29, 0.717) is 30.6 Å². The van der Waals surface area contributed by atoms with E-state index in [1.165, 1.54) is 0 Å². The molecule has 2 fully saturated rings. The Bertz CT molecular complexity index is 974. The lowest BCUT2D eigenvalue weighted by molar-refractivity contribution is -0.134. The molecule has 1 atom stereocenters. The first-order valence-electron chi connectivity index (χ1n) is 11.0. The third-order valence-electron chi connectivity index (χ3n) is 6.66. The second-order valence-corrected chi connectivity index (χ2v) is 8.89. The molecule has 2 aliphatic rings. The molecule has 31 heavy (non-hydrogen) atoms. The molecule has 1 aliphatic heterocycles. The summed E-state index contributed by atoms with van der Waals surface area (Å²) in [6, 6.07) is 6.41. The van der Waals surface area contributed by atoms with E-state index in [9.17, 15) is 9.59 Å². The Morgan fingerprint density at radius 3 is 2.61 bits per heavy atom. The van der Waals surface area contributed by atoms with Gasteiger partial charge in [-0.2, -0.15) is 0 Å². The summed E-state index contributed by atoms with van der Waals surface area (Å²) in [5.41, 5.74) is 14.8. The lowest BCUT2D eigenvalue weighted by Crippen LogP contribution is -2.57. The van der Waals surface area contributed by atoms with E-state index in [4.69, 9.17) is 16.0 Å². The van der Waals surface area contributed by atoms with Crippen molar-refractivity contribution in [3.63, 3.8) is 0 Å². The van der Waals surface area contributed by atoms with Crippen molar-refractivity contribution in [3.8, 4) is 11.1 Å². The molecule has 0 radical (unpaired) electrons. The van der Waals surface area contributed by atoms with Crippen LogP contribution in [0, 0.1) is 13.8 Å². The van der Waals surface area contributed by atoms with Crippen LogP contribution < -0.4 is 22.1 Å². The summed E-state index contributed by atoms with van der Waals surface area (Å²) in [5.74, 6) is -0.0150. The second-order valence-electron chi connectivity index (χ2n) is 8.89. The zero-order valence-corrected chi connectivity index (χ0v) is 18.2.